The number of halogens is 1. The third kappa shape index (κ3) is 8.56. The quantitative estimate of drug-likeness (QED) is 0.507. The van der Waals surface area contributed by atoms with E-state index in [2.05, 4.69) is 34.8 Å². The molecule has 0 aliphatic heterocycles. The van der Waals surface area contributed by atoms with Crippen molar-refractivity contribution in [1.29, 1.82) is 0 Å². The molecule has 0 spiro atoms. The molecular formula is C17H32INO3. The average molecular weight is 425 g/mol. The van der Waals surface area contributed by atoms with Gasteiger partial charge >= 0.3 is 6.09 Å². The van der Waals surface area contributed by atoms with Gasteiger partial charge in [-0.25, -0.2) is 4.79 Å². The zero-order valence-electron chi connectivity index (χ0n) is 14.5. The van der Waals surface area contributed by atoms with Crippen molar-refractivity contribution in [2.24, 2.45) is 0 Å². The zero-order valence-corrected chi connectivity index (χ0v) is 16.7. The van der Waals surface area contributed by atoms with Gasteiger partial charge in [0.1, 0.15) is 5.60 Å². The lowest BCUT2D eigenvalue weighted by Gasteiger charge is -2.34. The summed E-state index contributed by atoms with van der Waals surface area (Å²) in [4.78, 5) is 11.8. The van der Waals surface area contributed by atoms with Crippen LogP contribution in [0.3, 0.4) is 0 Å². The molecule has 1 rings (SSSR count). The maximum Gasteiger partial charge on any atom is 0.407 e. The van der Waals surface area contributed by atoms with Crippen LogP contribution in [0.5, 0.6) is 0 Å². The van der Waals surface area contributed by atoms with Gasteiger partial charge in [-0.05, 0) is 40.5 Å². The second-order valence-corrected chi connectivity index (χ2v) is 8.29. The van der Waals surface area contributed by atoms with Crippen LogP contribution in [0.25, 0.3) is 0 Å². The minimum Gasteiger partial charge on any atom is -0.444 e. The van der Waals surface area contributed by atoms with Crippen LogP contribution < -0.4 is 5.32 Å². The Hall–Kier alpha value is -0.0400. The lowest BCUT2D eigenvalue weighted by atomic mass is 9.97. The number of alkyl halides is 1. The Morgan fingerprint density at radius 1 is 1.09 bits per heavy atom. The number of hydrogen-bond donors (Lipinski definition) is 1. The van der Waals surface area contributed by atoms with Gasteiger partial charge in [0.15, 0.2) is 0 Å². The number of hydrogen-bond acceptors (Lipinski definition) is 3. The molecule has 1 aliphatic carbocycles. The highest BCUT2D eigenvalue weighted by atomic mass is 127. The van der Waals surface area contributed by atoms with Crippen molar-refractivity contribution in [1.82, 2.24) is 5.32 Å². The molecule has 0 saturated heterocycles. The Bertz CT molecular complexity index is 335. The third-order valence-electron chi connectivity index (χ3n) is 3.79. The molecular weight excluding hydrogens is 393 g/mol. The van der Waals surface area contributed by atoms with E-state index in [1.165, 1.54) is 32.1 Å². The van der Waals surface area contributed by atoms with Gasteiger partial charge in [0.2, 0.25) is 0 Å². The molecule has 0 heterocycles. The molecule has 22 heavy (non-hydrogen) atoms. The fourth-order valence-corrected chi connectivity index (χ4v) is 3.08. The van der Waals surface area contributed by atoms with Crippen LogP contribution in [0.1, 0.15) is 72.6 Å². The van der Waals surface area contributed by atoms with Crippen LogP contribution in [-0.4, -0.2) is 34.4 Å². The Morgan fingerprint density at radius 3 is 2.14 bits per heavy atom. The van der Waals surface area contributed by atoms with E-state index in [1.54, 1.807) is 0 Å². The van der Waals surface area contributed by atoms with E-state index in [-0.39, 0.29) is 11.7 Å². The first-order valence-corrected chi connectivity index (χ1v) is 9.97. The van der Waals surface area contributed by atoms with E-state index >= 15 is 0 Å². The van der Waals surface area contributed by atoms with Crippen LogP contribution >= 0.6 is 22.6 Å². The van der Waals surface area contributed by atoms with E-state index in [0.29, 0.717) is 12.6 Å². The van der Waals surface area contributed by atoms with Crippen LogP contribution in [0.4, 0.5) is 4.79 Å². The summed E-state index contributed by atoms with van der Waals surface area (Å²) < 4.78 is 12.5. The van der Waals surface area contributed by atoms with Crippen LogP contribution in [-0.2, 0) is 9.47 Å². The van der Waals surface area contributed by atoms with Gasteiger partial charge in [-0.1, -0.05) is 54.7 Å². The van der Waals surface area contributed by atoms with Crippen molar-refractivity contribution in [3.63, 3.8) is 0 Å². The smallest absolute Gasteiger partial charge is 0.407 e. The monoisotopic (exact) mass is 425 g/mol. The summed E-state index contributed by atoms with van der Waals surface area (Å²) in [5, 5.41) is 2.86. The van der Waals surface area contributed by atoms with Crippen LogP contribution in [0, 0.1) is 0 Å². The number of carbonyl (C=O) groups excluding carboxylic acids is 1. The number of nitrogens with one attached hydrogen (secondary N) is 1. The van der Waals surface area contributed by atoms with Gasteiger partial charge in [0.05, 0.1) is 18.2 Å². The minimum absolute atomic E-state index is 0.320. The molecule has 0 aromatic rings. The second kappa shape index (κ2) is 9.30. The Balaban J connectivity index is 2.46. The summed E-state index contributed by atoms with van der Waals surface area (Å²) in [5.41, 5.74) is -0.799. The molecule has 1 fully saturated rings. The molecule has 1 saturated carbocycles. The number of alkyl carbamates (subject to hydrolysis) is 1. The summed E-state index contributed by atoms with van der Waals surface area (Å²) in [6.45, 7) is 8.18. The van der Waals surface area contributed by atoms with Crippen molar-refractivity contribution < 1.29 is 14.3 Å². The van der Waals surface area contributed by atoms with Crippen LogP contribution in [0.15, 0.2) is 0 Å². The van der Waals surface area contributed by atoms with Gasteiger partial charge in [-0.3, -0.25) is 0 Å². The van der Waals surface area contributed by atoms with E-state index < -0.39 is 5.60 Å². The molecule has 0 bridgehead atoms. The topological polar surface area (TPSA) is 47.6 Å². The molecule has 0 aromatic carbocycles. The van der Waals surface area contributed by atoms with E-state index in [4.69, 9.17) is 9.47 Å². The van der Waals surface area contributed by atoms with E-state index in [9.17, 15) is 4.79 Å². The van der Waals surface area contributed by atoms with E-state index in [1.807, 2.05) is 20.8 Å². The van der Waals surface area contributed by atoms with Crippen molar-refractivity contribution in [3.05, 3.63) is 0 Å². The molecule has 1 atom stereocenters. The minimum atomic E-state index is -0.467. The second-order valence-electron chi connectivity index (χ2n) is 7.52. The SMILES string of the molecule is CC(C)(C)OC(=O)NCC(C)(CI)OC1CCCCCCC1. The average Bonchev–Trinajstić information content (AvgIpc) is 2.38. The summed E-state index contributed by atoms with van der Waals surface area (Å²) in [6.07, 6.45) is 8.72. The molecule has 130 valence electrons. The standard InChI is InChI=1S/C17H32INO3/c1-16(2,3)22-15(20)19-13-17(4,12-18)21-14-10-8-6-5-7-9-11-14/h14H,5-13H2,1-4H3,(H,19,20). The summed E-state index contributed by atoms with van der Waals surface area (Å²) in [7, 11) is 0. The van der Waals surface area contributed by atoms with Crippen molar-refractivity contribution >= 4 is 28.7 Å². The highest BCUT2D eigenvalue weighted by Gasteiger charge is 2.29. The first-order chi connectivity index (χ1) is 10.2. The molecule has 4 nitrogen and oxygen atoms in total. The Kier molecular flexibility index (Phi) is 8.46. The maximum absolute atomic E-state index is 11.8. The van der Waals surface area contributed by atoms with Crippen molar-refractivity contribution in [2.45, 2.75) is 89.9 Å². The molecule has 1 N–H and O–H groups in total. The normalized spacial score (nSPS) is 20.6. The molecule has 1 unspecified atom stereocenters. The lowest BCUT2D eigenvalue weighted by Crippen LogP contribution is -2.47. The number of amides is 1. The van der Waals surface area contributed by atoms with Gasteiger partial charge in [-0.2, -0.15) is 0 Å². The first kappa shape index (κ1) is 20.0. The summed E-state index contributed by atoms with van der Waals surface area (Å²) >= 11 is 2.34. The fraction of sp³-hybridized carbons (Fsp3) is 0.941. The lowest BCUT2D eigenvalue weighted by molar-refractivity contribution is -0.0743. The van der Waals surface area contributed by atoms with Gasteiger partial charge < -0.3 is 14.8 Å². The predicted molar refractivity (Wildman–Crippen MR) is 98.7 cm³/mol. The van der Waals surface area contributed by atoms with Crippen molar-refractivity contribution in [2.75, 3.05) is 11.0 Å². The first-order valence-electron chi connectivity index (χ1n) is 8.45. The molecule has 5 heteroatoms. The van der Waals surface area contributed by atoms with Gasteiger partial charge in [-0.15, -0.1) is 0 Å². The number of ether oxygens (including phenoxy) is 2. The Labute approximate surface area is 149 Å². The summed E-state index contributed by atoms with van der Waals surface area (Å²) in [5.74, 6) is 0. The highest BCUT2D eigenvalue weighted by Crippen LogP contribution is 2.25. The molecule has 1 amide bonds. The van der Waals surface area contributed by atoms with Gasteiger partial charge in [0, 0.05) is 4.43 Å². The van der Waals surface area contributed by atoms with E-state index in [0.717, 1.165) is 17.3 Å². The van der Waals surface area contributed by atoms with Crippen molar-refractivity contribution in [3.8, 4) is 0 Å². The number of carbonyl (C=O) groups is 1. The molecule has 0 radical (unpaired) electrons. The third-order valence-corrected chi connectivity index (χ3v) is 5.41. The molecule has 1 aliphatic rings. The fourth-order valence-electron chi connectivity index (χ4n) is 2.63. The predicted octanol–water partition coefficient (Wildman–Crippen LogP) is 4.83. The Morgan fingerprint density at radius 2 is 1.64 bits per heavy atom. The highest BCUT2D eigenvalue weighted by molar-refractivity contribution is 14.1. The summed E-state index contributed by atoms with van der Waals surface area (Å²) in [6, 6.07) is 0. The molecule has 0 aromatic heterocycles. The number of rotatable bonds is 5. The zero-order chi connectivity index (χ0) is 16.6. The maximum atomic E-state index is 11.8. The van der Waals surface area contributed by atoms with Crippen LogP contribution in [0.2, 0.25) is 0 Å². The van der Waals surface area contributed by atoms with Gasteiger partial charge in [0.25, 0.3) is 0 Å². The largest absolute Gasteiger partial charge is 0.444 e.